The molecule has 0 aromatic heterocycles. The monoisotopic (exact) mass is 310 g/mol. The minimum absolute atomic E-state index is 0. The zero-order chi connectivity index (χ0) is 14.3. The van der Waals surface area contributed by atoms with E-state index < -0.39 is 0 Å². The lowest BCUT2D eigenvalue weighted by Gasteiger charge is -2.34. The van der Waals surface area contributed by atoms with Crippen LogP contribution in [0, 0.1) is 0 Å². The van der Waals surface area contributed by atoms with E-state index in [4.69, 9.17) is 0 Å². The Morgan fingerprint density at radius 3 is 2.29 bits per heavy atom. The lowest BCUT2D eigenvalue weighted by molar-refractivity contribution is -0.120. The summed E-state index contributed by atoms with van der Waals surface area (Å²) in [6, 6.07) is 10.7. The summed E-state index contributed by atoms with van der Waals surface area (Å²) in [6.45, 7) is 1.16. The number of carbonyl (C=O) groups is 1. The third kappa shape index (κ3) is 5.01. The number of rotatable bonds is 5. The van der Waals surface area contributed by atoms with Gasteiger partial charge in [-0.2, -0.15) is 0 Å². The molecule has 1 aliphatic carbocycles. The minimum atomic E-state index is 0. The maximum Gasteiger partial charge on any atom is 0.233 e. The third-order valence-corrected chi connectivity index (χ3v) is 4.41. The smallest absolute Gasteiger partial charge is 0.233 e. The van der Waals surface area contributed by atoms with Crippen molar-refractivity contribution in [3.63, 3.8) is 0 Å². The lowest BCUT2D eigenvalue weighted by atomic mass is 9.74. The van der Waals surface area contributed by atoms with Gasteiger partial charge < -0.3 is 10.6 Å². The molecule has 1 aromatic rings. The largest absolute Gasteiger partial charge is 0.354 e. The van der Waals surface area contributed by atoms with Gasteiger partial charge in [0.15, 0.2) is 0 Å². The van der Waals surface area contributed by atoms with E-state index in [0.717, 1.165) is 6.54 Å². The van der Waals surface area contributed by atoms with Crippen LogP contribution >= 0.6 is 12.4 Å². The molecule has 1 aliphatic rings. The van der Waals surface area contributed by atoms with E-state index in [1.807, 2.05) is 0 Å². The molecule has 0 saturated heterocycles. The normalized spacial score (nSPS) is 17.4. The van der Waals surface area contributed by atoms with Crippen LogP contribution in [0.15, 0.2) is 30.3 Å². The lowest BCUT2D eigenvalue weighted by Crippen LogP contribution is -2.43. The molecule has 1 aromatic carbocycles. The first-order valence-corrected chi connectivity index (χ1v) is 7.74. The molecule has 2 rings (SSSR count). The van der Waals surface area contributed by atoms with Gasteiger partial charge >= 0.3 is 0 Å². The number of hydrogen-bond donors (Lipinski definition) is 2. The van der Waals surface area contributed by atoms with Crippen molar-refractivity contribution in [1.82, 2.24) is 10.6 Å². The molecular formula is C17H27ClN2O. The second-order valence-corrected chi connectivity index (χ2v) is 5.87. The van der Waals surface area contributed by atoms with Gasteiger partial charge in [0.05, 0.1) is 6.54 Å². The van der Waals surface area contributed by atoms with Gasteiger partial charge in [0.25, 0.3) is 0 Å². The Kier molecular flexibility index (Phi) is 7.76. The molecule has 0 spiro atoms. The van der Waals surface area contributed by atoms with Crippen LogP contribution in [0.3, 0.4) is 0 Å². The molecule has 0 unspecified atom stereocenters. The Hall–Kier alpha value is -1.06. The summed E-state index contributed by atoms with van der Waals surface area (Å²) < 4.78 is 0. The molecule has 4 heteroatoms. The van der Waals surface area contributed by atoms with Crippen molar-refractivity contribution >= 4 is 18.3 Å². The van der Waals surface area contributed by atoms with Crippen LogP contribution in [-0.2, 0) is 10.2 Å². The zero-order valence-corrected chi connectivity index (χ0v) is 13.7. The number of carbonyl (C=O) groups excluding carboxylic acids is 1. The van der Waals surface area contributed by atoms with Crippen LogP contribution in [-0.4, -0.2) is 26.0 Å². The molecule has 0 radical (unpaired) electrons. The van der Waals surface area contributed by atoms with Crippen LogP contribution in [0.5, 0.6) is 0 Å². The van der Waals surface area contributed by atoms with Crippen LogP contribution < -0.4 is 10.6 Å². The second-order valence-electron chi connectivity index (χ2n) is 5.87. The molecule has 0 bridgehead atoms. The highest BCUT2D eigenvalue weighted by Crippen LogP contribution is 2.37. The Balaban J connectivity index is 0.00000220. The van der Waals surface area contributed by atoms with Crippen LogP contribution in [0.1, 0.15) is 44.1 Å². The number of halogens is 1. The van der Waals surface area contributed by atoms with Crippen molar-refractivity contribution in [2.24, 2.45) is 0 Å². The molecule has 1 fully saturated rings. The first-order chi connectivity index (χ1) is 9.77. The topological polar surface area (TPSA) is 41.1 Å². The number of amides is 1. The summed E-state index contributed by atoms with van der Waals surface area (Å²) in [5.41, 5.74) is 1.51. The molecule has 1 amide bonds. The highest BCUT2D eigenvalue weighted by atomic mass is 35.5. The number of hydrogen-bond acceptors (Lipinski definition) is 2. The predicted molar refractivity (Wildman–Crippen MR) is 90.0 cm³/mol. The minimum Gasteiger partial charge on any atom is -0.354 e. The maximum atomic E-state index is 11.8. The SMILES string of the molecule is CNCC(=O)NCC1(c2ccccc2)CCCCCC1.Cl. The Labute approximate surface area is 134 Å². The maximum absolute atomic E-state index is 11.8. The van der Waals surface area contributed by atoms with Gasteiger partial charge in [-0.25, -0.2) is 0 Å². The fourth-order valence-corrected chi connectivity index (χ4v) is 3.26. The van der Waals surface area contributed by atoms with Crippen LogP contribution in [0.4, 0.5) is 0 Å². The fraction of sp³-hybridized carbons (Fsp3) is 0.588. The molecular weight excluding hydrogens is 284 g/mol. The van der Waals surface area contributed by atoms with Gasteiger partial charge in [0.2, 0.25) is 5.91 Å². The molecule has 0 atom stereocenters. The summed E-state index contributed by atoms with van der Waals surface area (Å²) in [5.74, 6) is 0.0899. The molecule has 2 N–H and O–H groups in total. The van der Waals surface area contributed by atoms with E-state index in [-0.39, 0.29) is 23.7 Å². The van der Waals surface area contributed by atoms with Crippen molar-refractivity contribution in [3.05, 3.63) is 35.9 Å². The summed E-state index contributed by atoms with van der Waals surface area (Å²) in [6.07, 6.45) is 7.51. The van der Waals surface area contributed by atoms with E-state index in [9.17, 15) is 4.79 Å². The van der Waals surface area contributed by atoms with Gasteiger partial charge in [0, 0.05) is 12.0 Å². The van der Waals surface area contributed by atoms with Crippen molar-refractivity contribution in [2.75, 3.05) is 20.1 Å². The van der Waals surface area contributed by atoms with Gasteiger partial charge in [0.1, 0.15) is 0 Å². The number of likely N-dealkylation sites (N-methyl/N-ethyl adjacent to an activating group) is 1. The zero-order valence-electron chi connectivity index (χ0n) is 12.9. The highest BCUT2D eigenvalue weighted by molar-refractivity contribution is 5.85. The predicted octanol–water partition coefficient (Wildman–Crippen LogP) is 3.04. The Bertz CT molecular complexity index is 414. The van der Waals surface area contributed by atoms with Gasteiger partial charge in [-0.1, -0.05) is 56.0 Å². The van der Waals surface area contributed by atoms with Crippen LogP contribution in [0.2, 0.25) is 0 Å². The van der Waals surface area contributed by atoms with Gasteiger partial charge in [-0.15, -0.1) is 12.4 Å². The average molecular weight is 311 g/mol. The van der Waals surface area contributed by atoms with E-state index in [1.165, 1.54) is 44.1 Å². The fourth-order valence-electron chi connectivity index (χ4n) is 3.26. The molecule has 3 nitrogen and oxygen atoms in total. The molecule has 118 valence electrons. The third-order valence-electron chi connectivity index (χ3n) is 4.41. The van der Waals surface area contributed by atoms with Crippen molar-refractivity contribution in [1.29, 1.82) is 0 Å². The highest BCUT2D eigenvalue weighted by Gasteiger charge is 2.32. The first kappa shape index (κ1) is 18.0. The van der Waals surface area contributed by atoms with Crippen LogP contribution in [0.25, 0.3) is 0 Å². The molecule has 0 aliphatic heterocycles. The molecule has 1 saturated carbocycles. The molecule has 0 heterocycles. The van der Waals surface area contributed by atoms with Crippen molar-refractivity contribution in [2.45, 2.75) is 43.9 Å². The summed E-state index contributed by atoms with van der Waals surface area (Å²) >= 11 is 0. The van der Waals surface area contributed by atoms with E-state index in [2.05, 4.69) is 41.0 Å². The van der Waals surface area contributed by atoms with Crippen molar-refractivity contribution < 1.29 is 4.79 Å². The molecule has 21 heavy (non-hydrogen) atoms. The quantitative estimate of drug-likeness (QED) is 0.821. The second kappa shape index (κ2) is 9.06. The van der Waals surface area contributed by atoms with E-state index in [0.29, 0.717) is 6.54 Å². The number of benzene rings is 1. The summed E-state index contributed by atoms with van der Waals surface area (Å²) in [4.78, 5) is 11.8. The first-order valence-electron chi connectivity index (χ1n) is 7.74. The van der Waals surface area contributed by atoms with Gasteiger partial charge in [-0.05, 0) is 25.5 Å². The summed E-state index contributed by atoms with van der Waals surface area (Å²) in [5, 5.41) is 6.03. The summed E-state index contributed by atoms with van der Waals surface area (Å²) in [7, 11) is 1.80. The Morgan fingerprint density at radius 1 is 1.10 bits per heavy atom. The van der Waals surface area contributed by atoms with Gasteiger partial charge in [-0.3, -0.25) is 4.79 Å². The standard InChI is InChI=1S/C17H26N2O.ClH/c1-18-13-16(20)19-14-17(11-7-2-3-8-12-17)15-9-5-4-6-10-15;/h4-6,9-10,18H,2-3,7-8,11-14H2,1H3,(H,19,20);1H. The Morgan fingerprint density at radius 2 is 1.71 bits per heavy atom. The number of nitrogens with one attached hydrogen (secondary N) is 2. The average Bonchev–Trinajstić information content (AvgIpc) is 2.73. The van der Waals surface area contributed by atoms with E-state index in [1.54, 1.807) is 7.05 Å². The van der Waals surface area contributed by atoms with E-state index >= 15 is 0 Å². The van der Waals surface area contributed by atoms with Crippen molar-refractivity contribution in [3.8, 4) is 0 Å².